The van der Waals surface area contributed by atoms with E-state index in [1.807, 2.05) is 0 Å². The third-order valence-electron chi connectivity index (χ3n) is 6.67. The minimum atomic E-state index is 0.980. The van der Waals surface area contributed by atoms with Crippen molar-refractivity contribution >= 4 is 0 Å². The van der Waals surface area contributed by atoms with E-state index >= 15 is 0 Å². The highest BCUT2D eigenvalue weighted by molar-refractivity contribution is 4.55. The first kappa shape index (κ1) is 33.8. The molecule has 0 saturated carbocycles. The fourth-order valence-electron chi connectivity index (χ4n) is 4.39. The number of hydrogen-bond donors (Lipinski definition) is 3. The van der Waals surface area contributed by atoms with Crippen LogP contribution in [-0.4, -0.2) is 52.5 Å². The summed E-state index contributed by atoms with van der Waals surface area (Å²) in [6, 6.07) is 0. The van der Waals surface area contributed by atoms with E-state index in [2.05, 4.69) is 29.8 Å². The fraction of sp³-hybridized carbons (Fsp3) is 1.00. The average Bonchev–Trinajstić information content (AvgIpc) is 2.85. The fourth-order valence-corrected chi connectivity index (χ4v) is 4.39. The molecule has 0 heterocycles. The number of ether oxygens (including phenoxy) is 1. The second kappa shape index (κ2) is 32.8. The molecule has 0 radical (unpaired) electrons. The van der Waals surface area contributed by atoms with E-state index in [0.717, 1.165) is 45.9 Å². The Morgan fingerprint density at radius 3 is 1.12 bits per heavy atom. The predicted octanol–water partition coefficient (Wildman–Crippen LogP) is 7.61. The van der Waals surface area contributed by atoms with Gasteiger partial charge in [-0.1, -0.05) is 117 Å². The molecule has 0 aromatic carbocycles. The molecule has 0 spiro atoms. The van der Waals surface area contributed by atoms with Crippen LogP contribution in [0.1, 0.15) is 142 Å². The zero-order valence-electron chi connectivity index (χ0n) is 23.7. The van der Waals surface area contributed by atoms with Crippen LogP contribution in [0.4, 0.5) is 0 Å². The largest absolute Gasteiger partial charge is 0.381 e. The van der Waals surface area contributed by atoms with Crippen molar-refractivity contribution in [1.82, 2.24) is 16.0 Å². The van der Waals surface area contributed by atoms with Gasteiger partial charge in [0.05, 0.1) is 0 Å². The standard InChI is InChI=1S/C30H65N3O/c1-3-5-6-7-8-9-10-12-15-18-21-29-34-30-22-19-16-13-11-14-17-20-24-32-26-28-33-27-25-31-23-4-2/h31-33H,3-30H2,1-2H3. The second-order valence-corrected chi connectivity index (χ2v) is 10.2. The van der Waals surface area contributed by atoms with E-state index in [9.17, 15) is 0 Å². The zero-order chi connectivity index (χ0) is 24.6. The molecular formula is C30H65N3O. The summed E-state index contributed by atoms with van der Waals surface area (Å²) in [6.07, 6.45) is 27.6. The Balaban J connectivity index is 2.99. The molecule has 3 N–H and O–H groups in total. The van der Waals surface area contributed by atoms with Crippen molar-refractivity contribution in [3.05, 3.63) is 0 Å². The van der Waals surface area contributed by atoms with Gasteiger partial charge in [0.15, 0.2) is 0 Å². The van der Waals surface area contributed by atoms with Crippen LogP contribution in [0, 0.1) is 0 Å². The third-order valence-corrected chi connectivity index (χ3v) is 6.67. The summed E-state index contributed by atoms with van der Waals surface area (Å²) in [5, 5.41) is 10.4. The molecule has 0 aliphatic carbocycles. The van der Waals surface area contributed by atoms with Gasteiger partial charge in [-0.25, -0.2) is 0 Å². The first-order valence-electron chi connectivity index (χ1n) is 15.6. The molecule has 206 valence electrons. The summed E-state index contributed by atoms with van der Waals surface area (Å²) in [5.74, 6) is 0. The number of hydrogen-bond acceptors (Lipinski definition) is 4. The van der Waals surface area contributed by atoms with Crippen LogP contribution in [0.3, 0.4) is 0 Å². The average molecular weight is 484 g/mol. The van der Waals surface area contributed by atoms with Gasteiger partial charge in [-0.05, 0) is 38.8 Å². The maximum absolute atomic E-state index is 5.83. The van der Waals surface area contributed by atoms with Crippen LogP contribution in [0.2, 0.25) is 0 Å². The van der Waals surface area contributed by atoms with Crippen molar-refractivity contribution in [1.29, 1.82) is 0 Å². The Labute approximate surface area is 215 Å². The summed E-state index contributed by atoms with van der Waals surface area (Å²) in [4.78, 5) is 0. The molecule has 34 heavy (non-hydrogen) atoms. The predicted molar refractivity (Wildman–Crippen MR) is 153 cm³/mol. The van der Waals surface area contributed by atoms with Crippen LogP contribution in [-0.2, 0) is 4.74 Å². The van der Waals surface area contributed by atoms with Gasteiger partial charge in [0, 0.05) is 39.4 Å². The van der Waals surface area contributed by atoms with Crippen molar-refractivity contribution in [2.75, 3.05) is 52.5 Å². The first-order valence-corrected chi connectivity index (χ1v) is 15.6. The number of nitrogens with one attached hydrogen (secondary N) is 3. The molecule has 0 aromatic heterocycles. The lowest BCUT2D eigenvalue weighted by molar-refractivity contribution is 0.125. The molecule has 4 heteroatoms. The molecule has 0 aromatic rings. The maximum atomic E-state index is 5.83. The van der Waals surface area contributed by atoms with Gasteiger partial charge < -0.3 is 20.7 Å². The molecule has 0 aliphatic rings. The van der Waals surface area contributed by atoms with Gasteiger partial charge in [0.2, 0.25) is 0 Å². The van der Waals surface area contributed by atoms with Gasteiger partial charge in [-0.2, -0.15) is 0 Å². The van der Waals surface area contributed by atoms with Crippen molar-refractivity contribution < 1.29 is 4.74 Å². The summed E-state index contributed by atoms with van der Waals surface area (Å²) in [5.41, 5.74) is 0. The highest BCUT2D eigenvalue weighted by Crippen LogP contribution is 2.12. The quantitative estimate of drug-likeness (QED) is 0.0888. The molecule has 0 unspecified atom stereocenters. The minimum Gasteiger partial charge on any atom is -0.381 e. The SMILES string of the molecule is CCCCCCCCCCCCCOCCCCCCCCCCNCCNCCNCCC. The molecule has 4 nitrogen and oxygen atoms in total. The van der Waals surface area contributed by atoms with Crippen molar-refractivity contribution in [3.8, 4) is 0 Å². The molecule has 0 bridgehead atoms. The van der Waals surface area contributed by atoms with E-state index in [1.165, 1.54) is 135 Å². The summed E-state index contributed by atoms with van der Waals surface area (Å²) < 4.78 is 5.83. The van der Waals surface area contributed by atoms with E-state index < -0.39 is 0 Å². The lowest BCUT2D eigenvalue weighted by Crippen LogP contribution is -2.33. The minimum absolute atomic E-state index is 0.980. The van der Waals surface area contributed by atoms with Crippen LogP contribution in [0.15, 0.2) is 0 Å². The van der Waals surface area contributed by atoms with E-state index in [4.69, 9.17) is 4.74 Å². The molecule has 0 atom stereocenters. The molecular weight excluding hydrogens is 418 g/mol. The van der Waals surface area contributed by atoms with Gasteiger partial charge in [0.1, 0.15) is 0 Å². The van der Waals surface area contributed by atoms with Gasteiger partial charge in [-0.15, -0.1) is 0 Å². The Kier molecular flexibility index (Phi) is 32.7. The maximum Gasteiger partial charge on any atom is 0.0466 e. The summed E-state index contributed by atoms with van der Waals surface area (Å²) >= 11 is 0. The smallest absolute Gasteiger partial charge is 0.0466 e. The van der Waals surface area contributed by atoms with Crippen LogP contribution >= 0.6 is 0 Å². The van der Waals surface area contributed by atoms with Gasteiger partial charge in [-0.3, -0.25) is 0 Å². The van der Waals surface area contributed by atoms with Crippen LogP contribution in [0.25, 0.3) is 0 Å². The van der Waals surface area contributed by atoms with E-state index in [-0.39, 0.29) is 0 Å². The summed E-state index contributed by atoms with van der Waals surface area (Å²) in [6.45, 7) is 13.1. The van der Waals surface area contributed by atoms with E-state index in [1.54, 1.807) is 0 Å². The molecule has 0 aliphatic heterocycles. The zero-order valence-corrected chi connectivity index (χ0v) is 23.7. The summed E-state index contributed by atoms with van der Waals surface area (Å²) in [7, 11) is 0. The monoisotopic (exact) mass is 484 g/mol. The lowest BCUT2D eigenvalue weighted by atomic mass is 10.1. The molecule has 0 saturated heterocycles. The third kappa shape index (κ3) is 31.8. The number of unbranched alkanes of at least 4 members (excludes halogenated alkanes) is 17. The molecule has 0 amide bonds. The van der Waals surface area contributed by atoms with Crippen molar-refractivity contribution in [3.63, 3.8) is 0 Å². The highest BCUT2D eigenvalue weighted by atomic mass is 16.5. The normalized spacial score (nSPS) is 11.5. The highest BCUT2D eigenvalue weighted by Gasteiger charge is 1.96. The van der Waals surface area contributed by atoms with Crippen molar-refractivity contribution in [2.24, 2.45) is 0 Å². The molecule has 0 rings (SSSR count). The Hall–Kier alpha value is -0.160. The Bertz CT molecular complexity index is 309. The number of rotatable bonds is 31. The van der Waals surface area contributed by atoms with E-state index in [0.29, 0.717) is 0 Å². The first-order chi connectivity index (χ1) is 16.9. The second-order valence-electron chi connectivity index (χ2n) is 10.2. The topological polar surface area (TPSA) is 45.3 Å². The Morgan fingerprint density at radius 1 is 0.324 bits per heavy atom. The van der Waals surface area contributed by atoms with Crippen LogP contribution < -0.4 is 16.0 Å². The van der Waals surface area contributed by atoms with Gasteiger partial charge in [0.25, 0.3) is 0 Å². The Morgan fingerprint density at radius 2 is 0.676 bits per heavy atom. The van der Waals surface area contributed by atoms with Crippen LogP contribution in [0.5, 0.6) is 0 Å². The molecule has 0 fully saturated rings. The van der Waals surface area contributed by atoms with Gasteiger partial charge >= 0.3 is 0 Å². The van der Waals surface area contributed by atoms with Crippen molar-refractivity contribution in [2.45, 2.75) is 142 Å². The lowest BCUT2D eigenvalue weighted by Gasteiger charge is -2.07.